The predicted molar refractivity (Wildman–Crippen MR) is 260 cm³/mol. The normalized spacial score (nSPS) is 15.4. The molecule has 1 aliphatic rings. The van der Waals surface area contributed by atoms with E-state index >= 15 is 0 Å². The number of carbonyl (C=O) groups excluding carboxylic acids is 4. The van der Waals surface area contributed by atoms with Crippen molar-refractivity contribution >= 4 is 45.4 Å². The van der Waals surface area contributed by atoms with Crippen LogP contribution in [0.5, 0.6) is 5.75 Å². The first kappa shape index (κ1) is 48.2. The van der Waals surface area contributed by atoms with Crippen LogP contribution in [0.25, 0.3) is 44.3 Å². The number of β-amino-alcohol motifs (C(OH)–C–C–N with tert-alkyl or cyclic N) is 1. The fraction of sp³-hybridized carbons (Fsp3) is 0.358. The van der Waals surface area contributed by atoms with Gasteiger partial charge < -0.3 is 49.4 Å². The van der Waals surface area contributed by atoms with Gasteiger partial charge in [-0.15, -0.1) is 0 Å². The van der Waals surface area contributed by atoms with Crippen molar-refractivity contribution in [3.8, 4) is 28.2 Å². The Morgan fingerprint density at radius 3 is 2.33 bits per heavy atom. The van der Waals surface area contributed by atoms with Crippen molar-refractivity contribution in [2.45, 2.75) is 92.1 Å². The zero-order valence-corrected chi connectivity index (χ0v) is 39.8. The molecule has 360 valence electrons. The van der Waals surface area contributed by atoms with Crippen LogP contribution in [0.3, 0.4) is 0 Å². The second kappa shape index (κ2) is 20.5. The van der Waals surface area contributed by atoms with Gasteiger partial charge in [-0.3, -0.25) is 19.2 Å². The number of primary amides is 1. The van der Waals surface area contributed by atoms with Crippen LogP contribution in [0, 0.1) is 26.2 Å². The first-order chi connectivity index (χ1) is 33.1. The largest absolute Gasteiger partial charge is 0.494 e. The van der Waals surface area contributed by atoms with E-state index in [2.05, 4.69) is 43.5 Å². The number of unbranched alkanes of at least 4 members (excludes halogenated alkanes) is 1. The number of likely N-dealkylation sites (tertiary alicyclic amines) is 1. The molecule has 0 aliphatic carbocycles. The summed E-state index contributed by atoms with van der Waals surface area (Å²) in [7, 11) is 0. The van der Waals surface area contributed by atoms with Crippen molar-refractivity contribution in [1.82, 2.24) is 30.2 Å². The van der Waals surface area contributed by atoms with Crippen LogP contribution in [0.4, 0.5) is 0 Å². The SMILES string of the molecule is Cc1ncoc1-c1ccc(CNC(=O)[C@@H]2C[C@@H](O)CN2C(=O)[C@@H](NC(=O)COCCCCOc2ccc3c(c2)c2c(C(N)=O)cc(-c4c(C)noc4C)cc2n3Cc2ccccc2)C(C)(C)C)cc1. The molecule has 1 aliphatic heterocycles. The fourth-order valence-electron chi connectivity index (χ4n) is 9.11. The molecule has 4 heterocycles. The van der Waals surface area contributed by atoms with Crippen molar-refractivity contribution in [3.63, 3.8) is 0 Å². The molecule has 16 heteroatoms. The van der Waals surface area contributed by atoms with E-state index in [0.29, 0.717) is 54.5 Å². The lowest BCUT2D eigenvalue weighted by atomic mass is 9.85. The molecular weight excluding hydrogens is 879 g/mol. The number of oxazole rings is 1. The zero-order valence-electron chi connectivity index (χ0n) is 39.8. The van der Waals surface area contributed by atoms with Crippen LogP contribution in [-0.4, -0.2) is 92.9 Å². The topological polar surface area (TPSA) is 217 Å². The van der Waals surface area contributed by atoms with Gasteiger partial charge >= 0.3 is 0 Å². The lowest BCUT2D eigenvalue weighted by Gasteiger charge is -2.35. The molecule has 69 heavy (non-hydrogen) atoms. The maximum Gasteiger partial charge on any atom is 0.249 e. The number of hydrogen-bond donors (Lipinski definition) is 4. The molecule has 7 aromatic rings. The highest BCUT2D eigenvalue weighted by Crippen LogP contribution is 2.39. The number of aliphatic hydroxyl groups is 1. The predicted octanol–water partition coefficient (Wildman–Crippen LogP) is 7.16. The van der Waals surface area contributed by atoms with Gasteiger partial charge in [0.25, 0.3) is 0 Å². The van der Waals surface area contributed by atoms with Gasteiger partial charge in [-0.05, 0) is 86.1 Å². The third-order valence-corrected chi connectivity index (χ3v) is 12.6. The average molecular weight is 938 g/mol. The molecule has 1 saturated heterocycles. The van der Waals surface area contributed by atoms with Gasteiger partial charge in [0, 0.05) is 65.6 Å². The van der Waals surface area contributed by atoms with Gasteiger partial charge in [-0.2, -0.15) is 0 Å². The number of carbonyl (C=O) groups is 4. The molecule has 5 N–H and O–H groups in total. The smallest absolute Gasteiger partial charge is 0.249 e. The Morgan fingerprint density at radius 2 is 1.65 bits per heavy atom. The number of nitrogens with zero attached hydrogens (tertiary/aromatic N) is 4. The number of ether oxygens (including phenoxy) is 2. The summed E-state index contributed by atoms with van der Waals surface area (Å²) in [6, 6.07) is 25.4. The average Bonchev–Trinajstić information content (AvgIpc) is 4.10. The number of rotatable bonds is 18. The number of nitrogens with two attached hydrogens (primary N) is 1. The maximum atomic E-state index is 14.1. The van der Waals surface area contributed by atoms with Crippen molar-refractivity contribution in [2.75, 3.05) is 26.4 Å². The molecule has 3 aromatic heterocycles. The first-order valence-corrected chi connectivity index (χ1v) is 23.2. The lowest BCUT2D eigenvalue weighted by Crippen LogP contribution is -2.58. The maximum absolute atomic E-state index is 14.1. The van der Waals surface area contributed by atoms with E-state index in [9.17, 15) is 24.3 Å². The third-order valence-electron chi connectivity index (χ3n) is 12.6. The van der Waals surface area contributed by atoms with E-state index in [1.165, 1.54) is 11.3 Å². The zero-order chi connectivity index (χ0) is 49.0. The molecular formula is C53H59N7O9. The van der Waals surface area contributed by atoms with Crippen LogP contribution in [0.2, 0.25) is 0 Å². The summed E-state index contributed by atoms with van der Waals surface area (Å²) in [4.78, 5) is 59.4. The number of benzene rings is 4. The van der Waals surface area contributed by atoms with Gasteiger partial charge in [0.2, 0.25) is 23.6 Å². The number of fused-ring (bicyclic) bond motifs is 3. The number of nitrogens with one attached hydrogen (secondary N) is 2. The minimum atomic E-state index is -0.984. The molecule has 0 radical (unpaired) electrons. The molecule has 4 aromatic carbocycles. The molecule has 0 unspecified atom stereocenters. The third kappa shape index (κ3) is 10.7. The molecule has 8 rings (SSSR count). The molecule has 3 atom stereocenters. The van der Waals surface area contributed by atoms with Crippen molar-refractivity contribution in [3.05, 3.63) is 125 Å². The summed E-state index contributed by atoms with van der Waals surface area (Å²) in [5.41, 5.74) is 13.4. The van der Waals surface area contributed by atoms with E-state index < -0.39 is 47.2 Å². The van der Waals surface area contributed by atoms with Gasteiger partial charge in [0.1, 0.15) is 30.2 Å². The van der Waals surface area contributed by atoms with Crippen LogP contribution < -0.4 is 21.1 Å². The van der Waals surface area contributed by atoms with E-state index in [1.807, 2.05) is 102 Å². The molecule has 0 spiro atoms. The van der Waals surface area contributed by atoms with Crippen molar-refractivity contribution in [2.24, 2.45) is 11.1 Å². The highest BCUT2D eigenvalue weighted by molar-refractivity contribution is 6.19. The Kier molecular flexibility index (Phi) is 14.3. The van der Waals surface area contributed by atoms with Crippen LogP contribution in [0.1, 0.15) is 78.7 Å². The number of aliphatic hydroxyl groups excluding tert-OH is 1. The summed E-state index contributed by atoms with van der Waals surface area (Å²) in [5, 5.41) is 22.1. The van der Waals surface area contributed by atoms with Crippen molar-refractivity contribution in [1.29, 1.82) is 0 Å². The Bertz CT molecular complexity index is 2970. The van der Waals surface area contributed by atoms with E-state index in [4.69, 9.17) is 24.1 Å². The van der Waals surface area contributed by atoms with Gasteiger partial charge in [-0.25, -0.2) is 4.98 Å². The van der Waals surface area contributed by atoms with E-state index in [1.54, 1.807) is 6.07 Å². The van der Waals surface area contributed by atoms with Gasteiger partial charge in [0.15, 0.2) is 12.2 Å². The van der Waals surface area contributed by atoms with Crippen LogP contribution in [0.15, 0.2) is 100 Å². The Morgan fingerprint density at radius 1 is 0.899 bits per heavy atom. The van der Waals surface area contributed by atoms with Crippen LogP contribution >= 0.6 is 0 Å². The highest BCUT2D eigenvalue weighted by atomic mass is 16.5. The minimum Gasteiger partial charge on any atom is -0.494 e. The first-order valence-electron chi connectivity index (χ1n) is 23.2. The monoisotopic (exact) mass is 937 g/mol. The van der Waals surface area contributed by atoms with E-state index in [0.717, 1.165) is 55.3 Å². The molecule has 0 bridgehead atoms. The molecule has 0 saturated carbocycles. The minimum absolute atomic E-state index is 0.0335. The second-order valence-electron chi connectivity index (χ2n) is 18.8. The number of amides is 4. The molecule has 16 nitrogen and oxygen atoms in total. The van der Waals surface area contributed by atoms with E-state index in [-0.39, 0.29) is 32.7 Å². The van der Waals surface area contributed by atoms with Gasteiger partial charge in [0.05, 0.1) is 29.6 Å². The quantitative estimate of drug-likeness (QED) is 0.0633. The number of aromatic nitrogens is 3. The highest BCUT2D eigenvalue weighted by Gasteiger charge is 2.44. The summed E-state index contributed by atoms with van der Waals surface area (Å²) in [6.07, 6.45) is 1.80. The van der Waals surface area contributed by atoms with Crippen molar-refractivity contribution < 1.29 is 42.7 Å². The standard InChI is InChI=1S/C53H59N7O9/c1-31-46(33(3)69-58-31)37-22-41(50(54)63)47-40-25-39(18-19-42(40)59(43(47)23-37)27-35-12-8-7-9-13-35)67-21-11-10-20-66-29-45(62)57-49(53(4,5)6)52(65)60-28-38(61)24-44(60)51(64)55-26-34-14-16-36(17-15-34)48-32(2)56-30-68-48/h7-9,12-19,22-23,25,30,38,44,49,61H,10-11,20-21,24,26-29H2,1-6H3,(H2,54,63)(H,55,64)(H,57,62)/t38-,44+,49-/m1/s1. The lowest BCUT2D eigenvalue weighted by molar-refractivity contribution is -0.144. The fourth-order valence-corrected chi connectivity index (χ4v) is 9.11. The van der Waals surface area contributed by atoms with Gasteiger partial charge in [-0.1, -0.05) is 80.5 Å². The summed E-state index contributed by atoms with van der Waals surface area (Å²) in [6.45, 7) is 12.2. The Labute approximate surface area is 400 Å². The Balaban J connectivity index is 0.852. The molecule has 4 amide bonds. The Hall–Kier alpha value is -7.30. The summed E-state index contributed by atoms with van der Waals surface area (Å²) >= 11 is 0. The van der Waals surface area contributed by atoms with Crippen LogP contribution in [-0.2, 0) is 32.2 Å². The molecule has 1 fully saturated rings. The summed E-state index contributed by atoms with van der Waals surface area (Å²) < 4.78 is 25.1. The summed E-state index contributed by atoms with van der Waals surface area (Å²) in [5.74, 6) is 0.0675. The number of aryl methyl sites for hydroxylation is 3. The number of hydrogen-bond acceptors (Lipinski definition) is 11. The second-order valence-corrected chi connectivity index (χ2v) is 18.8.